The summed E-state index contributed by atoms with van der Waals surface area (Å²) in [6.45, 7) is 2.41. The molecule has 2 aliphatic heterocycles. The lowest BCUT2D eigenvalue weighted by atomic mass is 10.1. The Kier molecular flexibility index (Phi) is 6.28. The highest BCUT2D eigenvalue weighted by Crippen LogP contribution is 2.22. The fourth-order valence-corrected chi connectivity index (χ4v) is 4.90. The number of likely N-dealkylation sites (tertiary alicyclic amines) is 1. The van der Waals surface area contributed by atoms with Crippen molar-refractivity contribution in [1.29, 1.82) is 0 Å². The van der Waals surface area contributed by atoms with Crippen LogP contribution in [-0.2, 0) is 14.8 Å². The van der Waals surface area contributed by atoms with Gasteiger partial charge in [-0.05, 0) is 43.9 Å². The number of H-pyrrole nitrogens is 1. The Morgan fingerprint density at radius 1 is 1.16 bits per heavy atom. The molecule has 166 valence electrons. The molecule has 0 radical (unpaired) electrons. The van der Waals surface area contributed by atoms with Crippen molar-refractivity contribution in [2.45, 2.75) is 36.7 Å². The average Bonchev–Trinajstić information content (AvgIpc) is 3.54. The number of carbonyl (C=O) groups excluding carboxylic acids is 2. The van der Waals surface area contributed by atoms with Crippen LogP contribution in [0.15, 0.2) is 41.4 Å². The summed E-state index contributed by atoms with van der Waals surface area (Å²) in [5, 5.41) is 2.80. The number of nitrogens with zero attached hydrogens (tertiary/aromatic N) is 1. The summed E-state index contributed by atoms with van der Waals surface area (Å²) in [6.07, 6.45) is 5.02. The van der Waals surface area contributed by atoms with Gasteiger partial charge in [0.2, 0.25) is 0 Å². The van der Waals surface area contributed by atoms with Crippen LogP contribution in [0.5, 0.6) is 0 Å². The van der Waals surface area contributed by atoms with Gasteiger partial charge in [0.1, 0.15) is 10.6 Å². The first kappa shape index (κ1) is 21.4. The maximum Gasteiger partial charge on any atom is 0.270 e. The number of sulfonamides is 1. The number of amides is 2. The minimum absolute atomic E-state index is 0.0146. The largest absolute Gasteiger partial charge is 0.376 e. The average molecular weight is 447 g/mol. The standard InChI is InChI=1S/C21H26N4O5S/c26-20(23-13-15-6-5-11-30-15)17-7-1-2-8-18(17)24-31(28,29)16-12-19(22-14-16)21(27)25-9-3-4-10-25/h1-2,7-8,12,14-15,22,24H,3-6,9-11,13H2,(H,23,26). The molecule has 3 heterocycles. The molecule has 0 saturated carbocycles. The molecule has 10 heteroatoms. The smallest absolute Gasteiger partial charge is 0.270 e. The Balaban J connectivity index is 1.47. The van der Waals surface area contributed by atoms with Crippen LogP contribution in [0.2, 0.25) is 0 Å². The Morgan fingerprint density at radius 2 is 1.94 bits per heavy atom. The lowest BCUT2D eigenvalue weighted by molar-refractivity contribution is 0.0787. The third kappa shape index (κ3) is 4.91. The number of hydrogen-bond donors (Lipinski definition) is 3. The second-order valence-corrected chi connectivity index (χ2v) is 9.43. The Bertz CT molecular complexity index is 1050. The molecule has 1 unspecified atom stereocenters. The highest BCUT2D eigenvalue weighted by molar-refractivity contribution is 7.92. The van der Waals surface area contributed by atoms with Crippen molar-refractivity contribution in [3.8, 4) is 0 Å². The molecule has 3 N–H and O–H groups in total. The highest BCUT2D eigenvalue weighted by Gasteiger charge is 2.25. The predicted octanol–water partition coefficient (Wildman–Crippen LogP) is 1.96. The lowest BCUT2D eigenvalue weighted by Crippen LogP contribution is -2.32. The molecule has 0 aliphatic carbocycles. The normalized spacial score (nSPS) is 18.8. The van der Waals surface area contributed by atoms with Crippen LogP contribution in [0, 0.1) is 0 Å². The van der Waals surface area contributed by atoms with E-state index in [4.69, 9.17) is 4.74 Å². The van der Waals surface area contributed by atoms with E-state index < -0.39 is 10.0 Å². The molecule has 0 spiro atoms. The van der Waals surface area contributed by atoms with E-state index in [-0.39, 0.29) is 39.8 Å². The fourth-order valence-electron chi connectivity index (χ4n) is 3.82. The molecule has 2 amide bonds. The first-order valence-electron chi connectivity index (χ1n) is 10.4. The van der Waals surface area contributed by atoms with E-state index in [0.717, 1.165) is 25.7 Å². The summed E-state index contributed by atoms with van der Waals surface area (Å²) >= 11 is 0. The Labute approximate surface area is 181 Å². The SMILES string of the molecule is O=C(NCC1CCCO1)c1ccccc1NS(=O)(=O)c1c[nH]c(C(=O)N2CCCC2)c1. The van der Waals surface area contributed by atoms with Crippen LogP contribution in [0.25, 0.3) is 0 Å². The molecule has 2 fully saturated rings. The van der Waals surface area contributed by atoms with Crippen LogP contribution >= 0.6 is 0 Å². The van der Waals surface area contributed by atoms with Crippen molar-refractivity contribution < 1.29 is 22.7 Å². The zero-order valence-electron chi connectivity index (χ0n) is 17.1. The predicted molar refractivity (Wildman–Crippen MR) is 114 cm³/mol. The van der Waals surface area contributed by atoms with Crippen LogP contribution in [0.1, 0.15) is 46.5 Å². The molecular formula is C21H26N4O5S. The second kappa shape index (κ2) is 9.11. The van der Waals surface area contributed by atoms with Gasteiger partial charge in [-0.3, -0.25) is 14.3 Å². The van der Waals surface area contributed by atoms with Crippen molar-refractivity contribution in [2.75, 3.05) is 31.0 Å². The van der Waals surface area contributed by atoms with Crippen molar-refractivity contribution in [1.82, 2.24) is 15.2 Å². The number of anilines is 1. The van der Waals surface area contributed by atoms with Gasteiger partial charge in [-0.2, -0.15) is 0 Å². The van der Waals surface area contributed by atoms with Crippen molar-refractivity contribution in [2.24, 2.45) is 0 Å². The zero-order valence-corrected chi connectivity index (χ0v) is 17.9. The topological polar surface area (TPSA) is 121 Å². The minimum Gasteiger partial charge on any atom is -0.376 e. The number of aromatic nitrogens is 1. The third-order valence-electron chi connectivity index (χ3n) is 5.52. The fraction of sp³-hybridized carbons (Fsp3) is 0.429. The number of para-hydroxylation sites is 1. The third-order valence-corrected chi connectivity index (χ3v) is 6.87. The number of carbonyl (C=O) groups is 2. The van der Waals surface area contributed by atoms with Crippen molar-refractivity contribution in [3.63, 3.8) is 0 Å². The number of hydrogen-bond acceptors (Lipinski definition) is 5. The highest BCUT2D eigenvalue weighted by atomic mass is 32.2. The molecular weight excluding hydrogens is 420 g/mol. The molecule has 1 aromatic carbocycles. The van der Waals surface area contributed by atoms with E-state index in [0.29, 0.717) is 26.2 Å². The second-order valence-electron chi connectivity index (χ2n) is 7.74. The number of nitrogens with one attached hydrogen (secondary N) is 3. The zero-order chi connectivity index (χ0) is 21.8. The number of aromatic amines is 1. The van der Waals surface area contributed by atoms with Gasteiger partial charge < -0.3 is 19.9 Å². The summed E-state index contributed by atoms with van der Waals surface area (Å²) in [7, 11) is -3.99. The van der Waals surface area contributed by atoms with Gasteiger partial charge in [-0.25, -0.2) is 8.42 Å². The molecule has 9 nitrogen and oxygen atoms in total. The summed E-state index contributed by atoms with van der Waals surface area (Å²) < 4.78 is 33.8. The van der Waals surface area contributed by atoms with Crippen LogP contribution < -0.4 is 10.0 Å². The number of ether oxygens (including phenoxy) is 1. The van der Waals surface area contributed by atoms with Crippen LogP contribution in [0.3, 0.4) is 0 Å². The van der Waals surface area contributed by atoms with Crippen molar-refractivity contribution >= 4 is 27.5 Å². The molecule has 1 atom stereocenters. The summed E-state index contributed by atoms with van der Waals surface area (Å²) in [6, 6.07) is 7.72. The van der Waals surface area contributed by atoms with E-state index in [1.54, 1.807) is 23.1 Å². The first-order chi connectivity index (χ1) is 14.9. The van der Waals surface area contributed by atoms with Crippen LogP contribution in [-0.4, -0.2) is 62.5 Å². The molecule has 4 rings (SSSR count). The van der Waals surface area contributed by atoms with E-state index >= 15 is 0 Å². The molecule has 31 heavy (non-hydrogen) atoms. The maximum absolute atomic E-state index is 12.9. The van der Waals surface area contributed by atoms with Gasteiger partial charge in [0, 0.05) is 32.4 Å². The molecule has 0 bridgehead atoms. The monoisotopic (exact) mass is 446 g/mol. The Hall–Kier alpha value is -2.85. The van der Waals surface area contributed by atoms with Gasteiger partial charge in [0.15, 0.2) is 0 Å². The number of benzene rings is 1. The van der Waals surface area contributed by atoms with Crippen molar-refractivity contribution in [3.05, 3.63) is 47.8 Å². The molecule has 1 aromatic heterocycles. The lowest BCUT2D eigenvalue weighted by Gasteiger charge is -2.14. The van der Waals surface area contributed by atoms with Crippen LogP contribution in [0.4, 0.5) is 5.69 Å². The minimum atomic E-state index is -3.99. The number of rotatable bonds is 7. The summed E-state index contributed by atoms with van der Waals surface area (Å²) in [5.41, 5.74) is 0.610. The van der Waals surface area contributed by atoms with Gasteiger partial charge in [-0.1, -0.05) is 12.1 Å². The van der Waals surface area contributed by atoms with Gasteiger partial charge >= 0.3 is 0 Å². The quantitative estimate of drug-likeness (QED) is 0.600. The Morgan fingerprint density at radius 3 is 2.68 bits per heavy atom. The maximum atomic E-state index is 12.9. The van der Waals surface area contributed by atoms with E-state index in [2.05, 4.69) is 15.0 Å². The van der Waals surface area contributed by atoms with Gasteiger partial charge in [0.25, 0.3) is 21.8 Å². The van der Waals surface area contributed by atoms with Gasteiger partial charge in [0.05, 0.1) is 17.4 Å². The summed E-state index contributed by atoms with van der Waals surface area (Å²) in [5.74, 6) is -0.597. The van der Waals surface area contributed by atoms with E-state index in [1.165, 1.54) is 18.3 Å². The summed E-state index contributed by atoms with van der Waals surface area (Å²) in [4.78, 5) is 29.5. The van der Waals surface area contributed by atoms with Gasteiger partial charge in [-0.15, -0.1) is 0 Å². The first-order valence-corrected chi connectivity index (χ1v) is 11.9. The van der Waals surface area contributed by atoms with E-state index in [9.17, 15) is 18.0 Å². The molecule has 2 aliphatic rings. The van der Waals surface area contributed by atoms with E-state index in [1.807, 2.05) is 0 Å². The molecule has 2 saturated heterocycles. The molecule has 2 aromatic rings.